The van der Waals surface area contributed by atoms with E-state index in [-0.39, 0.29) is 5.91 Å². The molecule has 0 aliphatic carbocycles. The summed E-state index contributed by atoms with van der Waals surface area (Å²) in [5.41, 5.74) is 3.59. The van der Waals surface area contributed by atoms with E-state index in [4.69, 9.17) is 18.6 Å². The second kappa shape index (κ2) is 8.14. The second-order valence-electron chi connectivity index (χ2n) is 7.19. The Balaban J connectivity index is 1.61. The van der Waals surface area contributed by atoms with E-state index in [1.54, 1.807) is 26.2 Å². The number of carbonyl (C=O) groups excluding carboxylic acids is 1. The van der Waals surface area contributed by atoms with Gasteiger partial charge in [-0.2, -0.15) is 0 Å². The van der Waals surface area contributed by atoms with Gasteiger partial charge in [-0.3, -0.25) is 4.79 Å². The van der Waals surface area contributed by atoms with Crippen molar-refractivity contribution in [1.82, 2.24) is 4.90 Å². The molecule has 2 heterocycles. The van der Waals surface area contributed by atoms with Gasteiger partial charge in [0.1, 0.15) is 22.8 Å². The summed E-state index contributed by atoms with van der Waals surface area (Å²) < 4.78 is 22.4. The topological polar surface area (TPSA) is 61.1 Å². The number of amides is 1. The van der Waals surface area contributed by atoms with Gasteiger partial charge >= 0.3 is 0 Å². The lowest BCUT2D eigenvalue weighted by Crippen LogP contribution is -2.34. The summed E-state index contributed by atoms with van der Waals surface area (Å²) in [6.07, 6.45) is 2.73. The Morgan fingerprint density at radius 2 is 1.73 bits per heavy atom. The van der Waals surface area contributed by atoms with Crippen LogP contribution >= 0.6 is 0 Å². The van der Waals surface area contributed by atoms with Crippen molar-refractivity contribution in [3.63, 3.8) is 0 Å². The Labute approximate surface area is 175 Å². The quantitative estimate of drug-likeness (QED) is 0.614. The molecule has 6 heteroatoms. The van der Waals surface area contributed by atoms with Gasteiger partial charge in [-0.1, -0.05) is 24.3 Å². The van der Waals surface area contributed by atoms with Crippen LogP contribution in [0, 0.1) is 6.92 Å². The molecule has 0 saturated carbocycles. The highest BCUT2D eigenvalue weighted by atomic mass is 16.5. The van der Waals surface area contributed by atoms with Gasteiger partial charge in [-0.25, -0.2) is 0 Å². The minimum absolute atomic E-state index is 0.0901. The number of rotatable bonds is 5. The lowest BCUT2D eigenvalue weighted by molar-refractivity contribution is 0.0742. The number of hydrogen-bond acceptors (Lipinski definition) is 5. The van der Waals surface area contributed by atoms with Crippen LogP contribution in [0.15, 0.2) is 46.9 Å². The predicted octanol–water partition coefficient (Wildman–Crippen LogP) is 4.70. The van der Waals surface area contributed by atoms with Crippen molar-refractivity contribution in [2.45, 2.75) is 13.3 Å². The third kappa shape index (κ3) is 3.38. The van der Waals surface area contributed by atoms with E-state index in [1.807, 2.05) is 49.4 Å². The van der Waals surface area contributed by atoms with Crippen LogP contribution in [0.1, 0.15) is 28.1 Å². The Morgan fingerprint density at radius 1 is 1.03 bits per heavy atom. The fraction of sp³-hybridized carbons (Fsp3) is 0.292. The molecule has 0 unspecified atom stereocenters. The van der Waals surface area contributed by atoms with Crippen LogP contribution in [0.4, 0.5) is 0 Å². The largest absolute Gasteiger partial charge is 0.496 e. The molecule has 0 bridgehead atoms. The van der Waals surface area contributed by atoms with E-state index in [0.29, 0.717) is 42.5 Å². The Kier molecular flexibility index (Phi) is 5.40. The molecule has 0 spiro atoms. The third-order valence-corrected chi connectivity index (χ3v) is 5.57. The molecular formula is C24H25NO5. The molecular weight excluding hydrogens is 382 g/mol. The summed E-state index contributed by atoms with van der Waals surface area (Å²) in [6, 6.07) is 11.4. The molecule has 1 aromatic heterocycles. The number of fused-ring (bicyclic) bond motifs is 1. The highest BCUT2D eigenvalue weighted by Gasteiger charge is 2.27. The van der Waals surface area contributed by atoms with Gasteiger partial charge in [0.25, 0.3) is 5.91 Å². The van der Waals surface area contributed by atoms with Crippen molar-refractivity contribution in [2.75, 3.05) is 34.4 Å². The normalized spacial score (nSPS) is 13.9. The van der Waals surface area contributed by atoms with Crippen LogP contribution in [-0.2, 0) is 0 Å². The van der Waals surface area contributed by atoms with Crippen LogP contribution in [-0.4, -0.2) is 45.2 Å². The molecule has 156 valence electrons. The molecule has 1 aliphatic rings. The summed E-state index contributed by atoms with van der Waals surface area (Å²) in [5, 5.41) is 0.974. The highest BCUT2D eigenvalue weighted by molar-refractivity contribution is 5.99. The molecule has 6 nitrogen and oxygen atoms in total. The van der Waals surface area contributed by atoms with E-state index in [2.05, 4.69) is 0 Å². The van der Waals surface area contributed by atoms with Crippen LogP contribution in [0.25, 0.3) is 16.5 Å². The molecule has 1 aliphatic heterocycles. The first-order chi connectivity index (χ1) is 14.6. The number of benzene rings is 2. The van der Waals surface area contributed by atoms with E-state index >= 15 is 0 Å². The minimum Gasteiger partial charge on any atom is -0.496 e. The van der Waals surface area contributed by atoms with Crippen molar-refractivity contribution in [1.29, 1.82) is 0 Å². The lowest BCUT2D eigenvalue weighted by Gasteiger charge is -2.27. The van der Waals surface area contributed by atoms with Crippen molar-refractivity contribution >= 4 is 22.4 Å². The minimum atomic E-state index is -0.0901. The second-order valence-corrected chi connectivity index (χ2v) is 7.19. The number of methoxy groups -OCH3 is 3. The average Bonchev–Trinajstić information content (AvgIpc) is 3.14. The summed E-state index contributed by atoms with van der Waals surface area (Å²) in [7, 11) is 4.86. The molecule has 0 atom stereocenters. The maximum Gasteiger partial charge on any atom is 0.290 e. The molecule has 3 aromatic rings. The Morgan fingerprint density at radius 3 is 2.30 bits per heavy atom. The highest BCUT2D eigenvalue weighted by Crippen LogP contribution is 2.41. The molecule has 1 amide bonds. The smallest absolute Gasteiger partial charge is 0.290 e. The van der Waals surface area contributed by atoms with Crippen molar-refractivity contribution in [3.05, 3.63) is 59.4 Å². The monoisotopic (exact) mass is 407 g/mol. The Bertz CT molecular complexity index is 1100. The van der Waals surface area contributed by atoms with Gasteiger partial charge in [0.2, 0.25) is 0 Å². The van der Waals surface area contributed by atoms with Gasteiger partial charge < -0.3 is 23.5 Å². The van der Waals surface area contributed by atoms with Crippen LogP contribution in [0.5, 0.6) is 17.2 Å². The summed E-state index contributed by atoms with van der Waals surface area (Å²) >= 11 is 0. The van der Waals surface area contributed by atoms with Crippen molar-refractivity contribution in [3.8, 4) is 17.2 Å². The maximum absolute atomic E-state index is 13.1. The third-order valence-electron chi connectivity index (χ3n) is 5.57. The number of carbonyl (C=O) groups is 1. The molecule has 0 N–H and O–H groups in total. The first-order valence-corrected chi connectivity index (χ1v) is 9.84. The van der Waals surface area contributed by atoms with Gasteiger partial charge in [0, 0.05) is 36.2 Å². The van der Waals surface area contributed by atoms with Crippen LogP contribution in [0.3, 0.4) is 0 Å². The van der Waals surface area contributed by atoms with Gasteiger partial charge in [-0.15, -0.1) is 0 Å². The van der Waals surface area contributed by atoms with Crippen molar-refractivity contribution < 1.29 is 23.4 Å². The number of aryl methyl sites for hydroxylation is 1. The molecule has 0 saturated heterocycles. The van der Waals surface area contributed by atoms with Crippen LogP contribution in [0.2, 0.25) is 0 Å². The summed E-state index contributed by atoms with van der Waals surface area (Å²) in [6.45, 7) is 3.00. The first kappa shape index (κ1) is 19.9. The zero-order valence-corrected chi connectivity index (χ0v) is 17.7. The van der Waals surface area contributed by atoms with E-state index in [0.717, 1.165) is 27.7 Å². The number of ether oxygens (including phenoxy) is 3. The maximum atomic E-state index is 13.1. The van der Waals surface area contributed by atoms with Gasteiger partial charge in [0.15, 0.2) is 5.76 Å². The van der Waals surface area contributed by atoms with Crippen molar-refractivity contribution in [2.24, 2.45) is 0 Å². The first-order valence-electron chi connectivity index (χ1n) is 9.84. The van der Waals surface area contributed by atoms with E-state index in [9.17, 15) is 4.79 Å². The number of hydrogen-bond donors (Lipinski definition) is 0. The number of para-hydroxylation sites is 1. The molecule has 0 radical (unpaired) electrons. The Hall–Kier alpha value is -3.41. The molecule has 4 rings (SSSR count). The predicted molar refractivity (Wildman–Crippen MR) is 116 cm³/mol. The van der Waals surface area contributed by atoms with E-state index in [1.165, 1.54) is 0 Å². The summed E-state index contributed by atoms with van der Waals surface area (Å²) in [4.78, 5) is 14.9. The fourth-order valence-corrected chi connectivity index (χ4v) is 3.92. The molecule has 0 fully saturated rings. The zero-order valence-electron chi connectivity index (χ0n) is 17.7. The van der Waals surface area contributed by atoms with Gasteiger partial charge in [-0.05, 0) is 25.0 Å². The average molecular weight is 407 g/mol. The number of furan rings is 1. The molecule has 2 aromatic carbocycles. The number of nitrogens with zero attached hydrogens (tertiary/aromatic N) is 1. The fourth-order valence-electron chi connectivity index (χ4n) is 3.92. The van der Waals surface area contributed by atoms with Gasteiger partial charge in [0.05, 0.1) is 26.9 Å². The summed E-state index contributed by atoms with van der Waals surface area (Å²) in [5.74, 6) is 2.36. The van der Waals surface area contributed by atoms with E-state index < -0.39 is 0 Å². The lowest BCUT2D eigenvalue weighted by atomic mass is 9.97. The molecule has 30 heavy (non-hydrogen) atoms. The SMILES string of the molecule is COc1cc(OC)c(C2=CCN(C(=O)c3oc4ccccc4c3C)CC2)c(OC)c1. The standard InChI is InChI=1S/C24H25NO5/c1-15-18-7-5-6-8-19(18)30-23(15)24(26)25-11-9-16(10-12-25)22-20(28-3)13-17(27-2)14-21(22)29-4/h5-9,13-14H,10-12H2,1-4H3. The zero-order chi connectivity index (χ0) is 21.3. The van der Waals surface area contributed by atoms with Crippen LogP contribution < -0.4 is 14.2 Å².